The molecule has 6 heteroatoms. The summed E-state index contributed by atoms with van der Waals surface area (Å²) in [7, 11) is 0. The fourth-order valence-corrected chi connectivity index (χ4v) is 5.25. The van der Waals surface area contributed by atoms with Gasteiger partial charge in [-0.3, -0.25) is 19.3 Å². The van der Waals surface area contributed by atoms with Gasteiger partial charge in [0.25, 0.3) is 0 Å². The minimum absolute atomic E-state index is 0.000417. The van der Waals surface area contributed by atoms with Gasteiger partial charge in [-0.15, -0.1) is 0 Å². The molecule has 0 aromatic carbocycles. The first-order valence-corrected chi connectivity index (χ1v) is 11.2. The number of rotatable bonds is 6. The molecule has 3 rings (SSSR count). The zero-order chi connectivity index (χ0) is 20.4. The summed E-state index contributed by atoms with van der Waals surface area (Å²) in [6, 6.07) is -0.421. The standard InChI is InChI=1S/C22H37N3O3/c1-15(2)14-20(26)17-8-5-12-24(17)22(28)19-10-7-13-25(19)21(27)18-9-6-11-23(18)16(3)4/h15-19H,5-14H2,1-4H3. The van der Waals surface area contributed by atoms with Crippen molar-refractivity contribution in [3.63, 3.8) is 0 Å². The van der Waals surface area contributed by atoms with Crippen LogP contribution in [-0.2, 0) is 14.4 Å². The maximum Gasteiger partial charge on any atom is 0.245 e. The maximum atomic E-state index is 13.4. The molecule has 0 aromatic heterocycles. The minimum atomic E-state index is -0.380. The number of hydrogen-bond donors (Lipinski definition) is 0. The Morgan fingerprint density at radius 1 is 0.750 bits per heavy atom. The van der Waals surface area contributed by atoms with Crippen LogP contribution in [0.1, 0.15) is 72.6 Å². The number of carbonyl (C=O) groups excluding carboxylic acids is 3. The Bertz CT molecular complexity index is 604. The van der Waals surface area contributed by atoms with Crippen LogP contribution in [0.5, 0.6) is 0 Å². The molecule has 3 unspecified atom stereocenters. The zero-order valence-corrected chi connectivity index (χ0v) is 18.0. The monoisotopic (exact) mass is 391 g/mol. The van der Waals surface area contributed by atoms with Gasteiger partial charge < -0.3 is 9.80 Å². The van der Waals surface area contributed by atoms with E-state index in [9.17, 15) is 14.4 Å². The van der Waals surface area contributed by atoms with Gasteiger partial charge in [0.2, 0.25) is 11.8 Å². The van der Waals surface area contributed by atoms with Crippen molar-refractivity contribution in [2.45, 2.75) is 96.8 Å². The summed E-state index contributed by atoms with van der Waals surface area (Å²) in [5, 5.41) is 0. The van der Waals surface area contributed by atoms with E-state index in [1.165, 1.54) is 0 Å². The van der Waals surface area contributed by atoms with Crippen molar-refractivity contribution in [2.24, 2.45) is 5.92 Å². The van der Waals surface area contributed by atoms with E-state index in [1.54, 1.807) is 4.90 Å². The highest BCUT2D eigenvalue weighted by atomic mass is 16.2. The van der Waals surface area contributed by atoms with E-state index in [4.69, 9.17) is 0 Å². The van der Waals surface area contributed by atoms with E-state index in [0.29, 0.717) is 31.5 Å². The van der Waals surface area contributed by atoms with Crippen LogP contribution in [-0.4, -0.2) is 76.1 Å². The molecule has 6 nitrogen and oxygen atoms in total. The van der Waals surface area contributed by atoms with Gasteiger partial charge in [-0.1, -0.05) is 13.8 Å². The number of ketones is 1. The Morgan fingerprint density at radius 3 is 1.86 bits per heavy atom. The van der Waals surface area contributed by atoms with Crippen LogP contribution >= 0.6 is 0 Å². The van der Waals surface area contributed by atoms with Crippen molar-refractivity contribution in [1.29, 1.82) is 0 Å². The number of hydrogen-bond acceptors (Lipinski definition) is 4. The maximum absolute atomic E-state index is 13.4. The van der Waals surface area contributed by atoms with Gasteiger partial charge in [-0.25, -0.2) is 0 Å². The summed E-state index contributed by atoms with van der Waals surface area (Å²) in [6.45, 7) is 10.6. The van der Waals surface area contributed by atoms with Crippen LogP contribution in [0.4, 0.5) is 0 Å². The molecular formula is C22H37N3O3. The molecule has 3 saturated heterocycles. The highest BCUT2D eigenvalue weighted by Gasteiger charge is 2.44. The predicted octanol–water partition coefficient (Wildman–Crippen LogP) is 2.46. The van der Waals surface area contributed by atoms with Crippen LogP contribution < -0.4 is 0 Å². The van der Waals surface area contributed by atoms with E-state index in [-0.39, 0.29) is 35.7 Å². The topological polar surface area (TPSA) is 60.9 Å². The third-order valence-electron chi connectivity index (χ3n) is 6.58. The first-order valence-electron chi connectivity index (χ1n) is 11.2. The summed E-state index contributed by atoms with van der Waals surface area (Å²) < 4.78 is 0. The van der Waals surface area contributed by atoms with Crippen molar-refractivity contribution >= 4 is 17.6 Å². The molecule has 0 aromatic rings. The van der Waals surface area contributed by atoms with Crippen molar-refractivity contribution in [3.05, 3.63) is 0 Å². The third-order valence-corrected chi connectivity index (χ3v) is 6.58. The smallest absolute Gasteiger partial charge is 0.245 e. The second kappa shape index (κ2) is 8.93. The van der Waals surface area contributed by atoms with Crippen LogP contribution in [0.2, 0.25) is 0 Å². The molecule has 3 fully saturated rings. The molecule has 158 valence electrons. The lowest BCUT2D eigenvalue weighted by Gasteiger charge is -2.35. The fraction of sp³-hybridized carbons (Fsp3) is 0.864. The molecular weight excluding hydrogens is 354 g/mol. The van der Waals surface area contributed by atoms with Gasteiger partial charge >= 0.3 is 0 Å². The van der Waals surface area contributed by atoms with E-state index in [0.717, 1.165) is 45.1 Å². The second-order valence-electron chi connectivity index (χ2n) is 9.43. The molecule has 3 atom stereocenters. The van der Waals surface area contributed by atoms with Crippen LogP contribution in [0.3, 0.4) is 0 Å². The van der Waals surface area contributed by atoms with Gasteiger partial charge in [0.05, 0.1) is 12.1 Å². The van der Waals surface area contributed by atoms with Gasteiger partial charge in [0, 0.05) is 25.6 Å². The van der Waals surface area contributed by atoms with Crippen molar-refractivity contribution < 1.29 is 14.4 Å². The molecule has 3 heterocycles. The minimum Gasteiger partial charge on any atom is -0.331 e. The quantitative estimate of drug-likeness (QED) is 0.698. The first kappa shape index (κ1) is 21.3. The van der Waals surface area contributed by atoms with E-state index in [1.807, 2.05) is 18.7 Å². The molecule has 0 saturated carbocycles. The van der Waals surface area contributed by atoms with E-state index >= 15 is 0 Å². The number of amides is 2. The lowest BCUT2D eigenvalue weighted by Crippen LogP contribution is -2.55. The van der Waals surface area contributed by atoms with Gasteiger partial charge in [-0.05, 0) is 64.8 Å². The van der Waals surface area contributed by atoms with Crippen molar-refractivity contribution in [1.82, 2.24) is 14.7 Å². The van der Waals surface area contributed by atoms with Crippen LogP contribution in [0.25, 0.3) is 0 Å². The summed E-state index contributed by atoms with van der Waals surface area (Å²) in [5.41, 5.74) is 0. The average Bonchev–Trinajstić information content (AvgIpc) is 3.39. The van der Waals surface area contributed by atoms with Gasteiger partial charge in [0.1, 0.15) is 6.04 Å². The van der Waals surface area contributed by atoms with E-state index in [2.05, 4.69) is 18.7 Å². The summed E-state index contributed by atoms with van der Waals surface area (Å²) in [4.78, 5) is 45.2. The Hall–Kier alpha value is -1.43. The lowest BCUT2D eigenvalue weighted by atomic mass is 9.99. The van der Waals surface area contributed by atoms with Gasteiger partial charge in [-0.2, -0.15) is 0 Å². The highest BCUT2D eigenvalue weighted by molar-refractivity contribution is 5.94. The van der Waals surface area contributed by atoms with Crippen molar-refractivity contribution in [2.75, 3.05) is 19.6 Å². The molecule has 0 radical (unpaired) electrons. The second-order valence-corrected chi connectivity index (χ2v) is 9.43. The highest BCUT2D eigenvalue weighted by Crippen LogP contribution is 2.29. The van der Waals surface area contributed by atoms with Crippen molar-refractivity contribution in [3.8, 4) is 0 Å². The summed E-state index contributed by atoms with van der Waals surface area (Å²) in [5.74, 6) is 0.600. The first-order chi connectivity index (χ1) is 13.3. The largest absolute Gasteiger partial charge is 0.331 e. The number of nitrogens with zero attached hydrogens (tertiary/aromatic N) is 3. The lowest BCUT2D eigenvalue weighted by molar-refractivity contribution is -0.148. The SMILES string of the molecule is CC(C)CC(=O)C1CCCN1C(=O)C1CCCN1C(=O)C1CCCN1C(C)C. The fourth-order valence-electron chi connectivity index (χ4n) is 5.25. The Balaban J connectivity index is 1.70. The van der Waals surface area contributed by atoms with Crippen LogP contribution in [0.15, 0.2) is 0 Å². The molecule has 28 heavy (non-hydrogen) atoms. The Kier molecular flexibility index (Phi) is 6.79. The molecule has 0 bridgehead atoms. The summed E-state index contributed by atoms with van der Waals surface area (Å²) >= 11 is 0. The average molecular weight is 392 g/mol. The number of likely N-dealkylation sites (tertiary alicyclic amines) is 3. The van der Waals surface area contributed by atoms with E-state index < -0.39 is 0 Å². The third kappa shape index (κ3) is 4.27. The predicted molar refractivity (Wildman–Crippen MR) is 109 cm³/mol. The Labute approximate surface area is 169 Å². The molecule has 2 amide bonds. The summed E-state index contributed by atoms with van der Waals surface area (Å²) in [6.07, 6.45) is 5.68. The normalized spacial score (nSPS) is 28.7. The zero-order valence-electron chi connectivity index (χ0n) is 18.0. The molecule has 3 aliphatic heterocycles. The molecule has 0 N–H and O–H groups in total. The molecule has 3 aliphatic rings. The molecule has 0 spiro atoms. The van der Waals surface area contributed by atoms with Gasteiger partial charge in [0.15, 0.2) is 5.78 Å². The molecule has 0 aliphatic carbocycles. The van der Waals surface area contributed by atoms with Crippen LogP contribution in [0, 0.1) is 5.92 Å². The number of carbonyl (C=O) groups is 3. The number of Topliss-reactive ketones (excluding diaryl/α,β-unsaturated/α-hetero) is 1. The Morgan fingerprint density at radius 2 is 1.25 bits per heavy atom.